The van der Waals surface area contributed by atoms with Crippen molar-refractivity contribution in [1.82, 2.24) is 19.7 Å². The summed E-state index contributed by atoms with van der Waals surface area (Å²) in [5.41, 5.74) is 4.31. The van der Waals surface area contributed by atoms with Crippen LogP contribution in [-0.4, -0.2) is 39.2 Å². The maximum atomic E-state index is 12.8. The number of aromatic nitrogens is 3. The average molecular weight is 298 g/mol. The highest BCUT2D eigenvalue weighted by molar-refractivity contribution is 5.96. The Morgan fingerprint density at radius 2 is 2.23 bits per heavy atom. The van der Waals surface area contributed by atoms with Crippen molar-refractivity contribution < 1.29 is 9.53 Å². The lowest BCUT2D eigenvalue weighted by molar-refractivity contribution is 0.0701. The summed E-state index contributed by atoms with van der Waals surface area (Å²) in [6, 6.07) is 3.53. The fraction of sp³-hybridized carbons (Fsp3) is 0.438. The van der Waals surface area contributed by atoms with Gasteiger partial charge in [-0.3, -0.25) is 9.48 Å². The molecule has 114 valence electrons. The molecule has 1 aliphatic heterocycles. The number of fused-ring (bicyclic) bond motifs is 3. The molecule has 1 amide bonds. The normalized spacial score (nSPS) is 16.3. The van der Waals surface area contributed by atoms with E-state index in [-0.39, 0.29) is 5.91 Å². The highest BCUT2D eigenvalue weighted by Crippen LogP contribution is 2.28. The smallest absolute Gasteiger partial charge is 0.259 e. The summed E-state index contributed by atoms with van der Waals surface area (Å²) in [6.45, 7) is 2.06. The zero-order valence-corrected chi connectivity index (χ0v) is 12.6. The second kappa shape index (κ2) is 5.12. The molecule has 0 unspecified atom stereocenters. The van der Waals surface area contributed by atoms with Crippen molar-refractivity contribution in [2.75, 3.05) is 13.7 Å². The van der Waals surface area contributed by atoms with Crippen LogP contribution in [0.25, 0.3) is 0 Å². The lowest BCUT2D eigenvalue weighted by Gasteiger charge is -2.28. The molecular formula is C16H18N4O2. The maximum absolute atomic E-state index is 12.8. The maximum Gasteiger partial charge on any atom is 0.259 e. The number of amides is 1. The van der Waals surface area contributed by atoms with Gasteiger partial charge in [-0.05, 0) is 37.0 Å². The number of hydrogen-bond acceptors (Lipinski definition) is 4. The van der Waals surface area contributed by atoms with Crippen molar-refractivity contribution in [3.63, 3.8) is 0 Å². The quantitative estimate of drug-likeness (QED) is 0.841. The number of methoxy groups -OCH3 is 1. The molecule has 2 aromatic heterocycles. The zero-order valence-electron chi connectivity index (χ0n) is 12.6. The van der Waals surface area contributed by atoms with E-state index in [2.05, 4.69) is 14.8 Å². The number of carbonyl (C=O) groups excluding carboxylic acids is 1. The molecule has 0 saturated heterocycles. The molecule has 6 heteroatoms. The molecule has 0 atom stereocenters. The van der Waals surface area contributed by atoms with Crippen LogP contribution < -0.4 is 4.74 Å². The van der Waals surface area contributed by atoms with Crippen LogP contribution in [0.15, 0.2) is 18.3 Å². The van der Waals surface area contributed by atoms with E-state index in [1.165, 1.54) is 30.5 Å². The van der Waals surface area contributed by atoms with Crippen molar-refractivity contribution in [2.45, 2.75) is 32.4 Å². The summed E-state index contributed by atoms with van der Waals surface area (Å²) in [7, 11) is 1.54. The minimum absolute atomic E-state index is 0.0239. The van der Waals surface area contributed by atoms with Gasteiger partial charge in [0.1, 0.15) is 5.56 Å². The molecule has 0 bridgehead atoms. The summed E-state index contributed by atoms with van der Waals surface area (Å²) >= 11 is 0. The van der Waals surface area contributed by atoms with Gasteiger partial charge in [0.2, 0.25) is 5.88 Å². The van der Waals surface area contributed by atoms with Crippen LogP contribution >= 0.6 is 0 Å². The van der Waals surface area contributed by atoms with Gasteiger partial charge in [-0.1, -0.05) is 0 Å². The number of nitrogens with zero attached hydrogens (tertiary/aromatic N) is 4. The van der Waals surface area contributed by atoms with Gasteiger partial charge in [0, 0.05) is 12.7 Å². The first-order chi connectivity index (χ1) is 10.8. The van der Waals surface area contributed by atoms with Gasteiger partial charge in [0.25, 0.3) is 5.91 Å². The average Bonchev–Trinajstić information content (AvgIpc) is 3.14. The van der Waals surface area contributed by atoms with Gasteiger partial charge >= 0.3 is 0 Å². The molecule has 0 fully saturated rings. The van der Waals surface area contributed by atoms with Gasteiger partial charge in [-0.25, -0.2) is 4.98 Å². The third kappa shape index (κ3) is 1.98. The molecule has 4 rings (SSSR count). The highest BCUT2D eigenvalue weighted by Gasteiger charge is 2.29. The number of rotatable bonds is 2. The van der Waals surface area contributed by atoms with E-state index in [0.717, 1.165) is 19.4 Å². The Labute approximate surface area is 128 Å². The molecule has 0 spiro atoms. The fourth-order valence-corrected chi connectivity index (χ4v) is 3.41. The molecule has 22 heavy (non-hydrogen) atoms. The van der Waals surface area contributed by atoms with Crippen molar-refractivity contribution in [3.8, 4) is 5.88 Å². The topological polar surface area (TPSA) is 60.2 Å². The molecule has 0 radical (unpaired) electrons. The third-order valence-corrected chi connectivity index (χ3v) is 4.49. The summed E-state index contributed by atoms with van der Waals surface area (Å²) in [5.74, 6) is 0.362. The molecular weight excluding hydrogens is 280 g/mol. The lowest BCUT2D eigenvalue weighted by atomic mass is 10.1. The Morgan fingerprint density at radius 1 is 1.32 bits per heavy atom. The zero-order chi connectivity index (χ0) is 15.1. The second-order valence-corrected chi connectivity index (χ2v) is 5.74. The second-order valence-electron chi connectivity index (χ2n) is 5.74. The van der Waals surface area contributed by atoms with E-state index >= 15 is 0 Å². The van der Waals surface area contributed by atoms with E-state index in [1.54, 1.807) is 18.3 Å². The summed E-state index contributed by atoms with van der Waals surface area (Å²) < 4.78 is 7.29. The van der Waals surface area contributed by atoms with Gasteiger partial charge < -0.3 is 9.64 Å². The van der Waals surface area contributed by atoms with Gasteiger partial charge in [-0.2, -0.15) is 5.10 Å². The Kier molecular flexibility index (Phi) is 3.10. The highest BCUT2D eigenvalue weighted by atomic mass is 16.5. The van der Waals surface area contributed by atoms with Crippen molar-refractivity contribution in [2.24, 2.45) is 0 Å². The molecule has 0 saturated carbocycles. The number of aryl methyl sites for hydroxylation is 1. The van der Waals surface area contributed by atoms with E-state index < -0.39 is 0 Å². The number of carbonyl (C=O) groups is 1. The lowest BCUT2D eigenvalue weighted by Crippen LogP contribution is -2.39. The summed E-state index contributed by atoms with van der Waals surface area (Å²) in [4.78, 5) is 18.8. The van der Waals surface area contributed by atoms with E-state index in [0.29, 0.717) is 24.5 Å². The van der Waals surface area contributed by atoms with E-state index in [9.17, 15) is 4.79 Å². The fourth-order valence-electron chi connectivity index (χ4n) is 3.41. The first-order valence-corrected chi connectivity index (χ1v) is 7.63. The standard InChI is InChI=1S/C16H18N4O2/c1-22-15-12(5-3-7-17-15)16(21)19-8-9-20-14(10-19)11-4-2-6-13(11)18-20/h3,5,7H,2,4,6,8-10H2,1H3. The van der Waals surface area contributed by atoms with Crippen LogP contribution in [0.1, 0.15) is 33.7 Å². The predicted molar refractivity (Wildman–Crippen MR) is 79.8 cm³/mol. The van der Waals surface area contributed by atoms with Crippen LogP contribution in [0.5, 0.6) is 5.88 Å². The molecule has 6 nitrogen and oxygen atoms in total. The Bertz CT molecular complexity index is 738. The van der Waals surface area contributed by atoms with Gasteiger partial charge in [-0.15, -0.1) is 0 Å². The predicted octanol–water partition coefficient (Wildman–Crippen LogP) is 1.43. The van der Waals surface area contributed by atoms with Crippen LogP contribution in [0.2, 0.25) is 0 Å². The van der Waals surface area contributed by atoms with Crippen molar-refractivity contribution in [1.29, 1.82) is 0 Å². The molecule has 0 aromatic carbocycles. The molecule has 2 aromatic rings. The number of hydrogen-bond donors (Lipinski definition) is 0. The summed E-state index contributed by atoms with van der Waals surface area (Å²) in [5, 5.41) is 4.67. The van der Waals surface area contributed by atoms with Crippen LogP contribution in [0.4, 0.5) is 0 Å². The van der Waals surface area contributed by atoms with Crippen LogP contribution in [-0.2, 0) is 25.9 Å². The molecule has 2 aliphatic rings. The molecule has 3 heterocycles. The molecule has 1 aliphatic carbocycles. The Balaban J connectivity index is 1.63. The van der Waals surface area contributed by atoms with Crippen molar-refractivity contribution in [3.05, 3.63) is 40.8 Å². The molecule has 0 N–H and O–H groups in total. The minimum Gasteiger partial charge on any atom is -0.480 e. The number of pyridine rings is 1. The first-order valence-electron chi connectivity index (χ1n) is 7.63. The summed E-state index contributed by atoms with van der Waals surface area (Å²) in [6.07, 6.45) is 4.96. The monoisotopic (exact) mass is 298 g/mol. The van der Waals surface area contributed by atoms with Gasteiger partial charge in [0.15, 0.2) is 0 Å². The van der Waals surface area contributed by atoms with E-state index in [1.807, 2.05) is 4.90 Å². The third-order valence-electron chi connectivity index (χ3n) is 4.49. The van der Waals surface area contributed by atoms with Gasteiger partial charge in [0.05, 0.1) is 31.6 Å². The number of ether oxygens (including phenoxy) is 1. The van der Waals surface area contributed by atoms with Crippen molar-refractivity contribution >= 4 is 5.91 Å². The largest absolute Gasteiger partial charge is 0.480 e. The van der Waals surface area contributed by atoms with E-state index in [4.69, 9.17) is 4.74 Å². The Morgan fingerprint density at radius 3 is 3.09 bits per heavy atom. The van der Waals surface area contributed by atoms with Crippen LogP contribution in [0, 0.1) is 0 Å². The minimum atomic E-state index is -0.0239. The Hall–Kier alpha value is -2.37. The SMILES string of the molecule is COc1ncccc1C(=O)N1CCn2nc3c(c2C1)CCC3. The van der Waals surface area contributed by atoms with Crippen LogP contribution in [0.3, 0.4) is 0 Å². The first kappa shape index (κ1) is 13.3.